The highest BCUT2D eigenvalue weighted by atomic mass is 19.4. The summed E-state index contributed by atoms with van der Waals surface area (Å²) in [5.41, 5.74) is -1.07. The highest BCUT2D eigenvalue weighted by Crippen LogP contribution is 2.27. The number of hydrogen-bond donors (Lipinski definition) is 2. The van der Waals surface area contributed by atoms with Crippen molar-refractivity contribution in [1.82, 2.24) is 10.3 Å². The lowest BCUT2D eigenvalue weighted by Gasteiger charge is -2.13. The quantitative estimate of drug-likeness (QED) is 0.804. The average molecular weight is 320 g/mol. The molecule has 1 aromatic rings. The van der Waals surface area contributed by atoms with Crippen LogP contribution in [0.3, 0.4) is 0 Å². The van der Waals surface area contributed by atoms with E-state index in [9.17, 15) is 23.1 Å². The Balaban J connectivity index is 2.42. The summed E-state index contributed by atoms with van der Waals surface area (Å²) < 4.78 is 42.2. The van der Waals surface area contributed by atoms with Gasteiger partial charge in [0.25, 0.3) is 5.91 Å². The van der Waals surface area contributed by atoms with Crippen LogP contribution in [-0.4, -0.2) is 41.9 Å². The number of halogens is 3. The monoisotopic (exact) mass is 320 g/mol. The van der Waals surface area contributed by atoms with E-state index in [2.05, 4.69) is 10.3 Å². The number of carbonyl (C=O) groups is 1. The van der Waals surface area contributed by atoms with E-state index in [1.54, 1.807) is 0 Å². The van der Waals surface area contributed by atoms with Gasteiger partial charge in [0.2, 0.25) is 0 Å². The molecule has 1 amide bonds. The Morgan fingerprint density at radius 2 is 2.05 bits per heavy atom. The Kier molecular flexibility index (Phi) is 6.76. The van der Waals surface area contributed by atoms with Gasteiger partial charge < -0.3 is 15.2 Å². The average Bonchev–Trinajstić information content (AvgIpc) is 2.43. The van der Waals surface area contributed by atoms with Crippen molar-refractivity contribution in [3.8, 4) is 0 Å². The molecule has 1 atom stereocenters. The van der Waals surface area contributed by atoms with Crippen LogP contribution in [-0.2, 0) is 10.9 Å². The minimum Gasteiger partial charge on any atom is -0.389 e. The zero-order valence-corrected chi connectivity index (χ0v) is 12.4. The Bertz CT molecular complexity index is 475. The van der Waals surface area contributed by atoms with E-state index >= 15 is 0 Å². The topological polar surface area (TPSA) is 71.5 Å². The number of ether oxygens (including phenoxy) is 1. The van der Waals surface area contributed by atoms with Gasteiger partial charge in [-0.25, -0.2) is 0 Å². The van der Waals surface area contributed by atoms with E-state index in [0.29, 0.717) is 12.5 Å². The number of rotatable bonds is 7. The molecular weight excluding hydrogens is 301 g/mol. The standard InChI is InChI=1S/C14H19F3N2O3/c1-9(2)7-22-8-11(20)6-19-13(21)10-3-4-12(18-5-10)14(15,16)17/h3-5,9,11,20H,6-8H2,1-2H3,(H,19,21). The number of aromatic nitrogens is 1. The molecule has 1 aromatic heterocycles. The van der Waals surface area contributed by atoms with Crippen LogP contribution in [0.2, 0.25) is 0 Å². The first kappa shape index (κ1) is 18.4. The van der Waals surface area contributed by atoms with Crippen LogP contribution >= 0.6 is 0 Å². The second-order valence-corrected chi connectivity index (χ2v) is 5.23. The van der Waals surface area contributed by atoms with Crippen molar-refractivity contribution in [2.24, 2.45) is 5.92 Å². The molecule has 1 heterocycles. The van der Waals surface area contributed by atoms with Gasteiger partial charge >= 0.3 is 6.18 Å². The molecule has 0 aromatic carbocycles. The van der Waals surface area contributed by atoms with Gasteiger partial charge in [-0.05, 0) is 18.1 Å². The molecule has 0 fully saturated rings. The van der Waals surface area contributed by atoms with E-state index in [1.165, 1.54) is 0 Å². The van der Waals surface area contributed by atoms with Crippen molar-refractivity contribution in [1.29, 1.82) is 0 Å². The SMILES string of the molecule is CC(C)COCC(O)CNC(=O)c1ccc(C(F)(F)F)nc1. The van der Waals surface area contributed by atoms with Gasteiger partial charge in [0.1, 0.15) is 5.69 Å². The third kappa shape index (κ3) is 6.40. The van der Waals surface area contributed by atoms with E-state index < -0.39 is 23.9 Å². The number of hydrogen-bond acceptors (Lipinski definition) is 4. The van der Waals surface area contributed by atoms with Crippen LogP contribution in [0.15, 0.2) is 18.3 Å². The van der Waals surface area contributed by atoms with Crippen LogP contribution in [0.5, 0.6) is 0 Å². The maximum Gasteiger partial charge on any atom is 0.433 e. The number of nitrogens with one attached hydrogen (secondary N) is 1. The van der Waals surface area contributed by atoms with Gasteiger partial charge in [0.05, 0.1) is 18.3 Å². The first-order valence-electron chi connectivity index (χ1n) is 6.77. The van der Waals surface area contributed by atoms with Gasteiger partial charge in [-0.1, -0.05) is 13.8 Å². The van der Waals surface area contributed by atoms with Crippen LogP contribution in [0.4, 0.5) is 13.2 Å². The summed E-state index contributed by atoms with van der Waals surface area (Å²) in [5, 5.41) is 12.0. The van der Waals surface area contributed by atoms with Gasteiger partial charge in [0.15, 0.2) is 0 Å². The lowest BCUT2D eigenvalue weighted by Crippen LogP contribution is -2.35. The highest BCUT2D eigenvalue weighted by molar-refractivity contribution is 5.93. The zero-order chi connectivity index (χ0) is 16.8. The van der Waals surface area contributed by atoms with Crippen LogP contribution in [0.25, 0.3) is 0 Å². The molecule has 2 N–H and O–H groups in total. The van der Waals surface area contributed by atoms with Gasteiger partial charge in [-0.2, -0.15) is 13.2 Å². The lowest BCUT2D eigenvalue weighted by atomic mass is 10.2. The molecule has 0 saturated heterocycles. The Morgan fingerprint density at radius 3 is 2.55 bits per heavy atom. The van der Waals surface area contributed by atoms with Crippen molar-refractivity contribution in [3.63, 3.8) is 0 Å². The number of carbonyl (C=O) groups excluding carboxylic acids is 1. The van der Waals surface area contributed by atoms with Crippen molar-refractivity contribution in [3.05, 3.63) is 29.6 Å². The highest BCUT2D eigenvalue weighted by Gasteiger charge is 2.32. The molecule has 0 aliphatic heterocycles. The molecule has 1 unspecified atom stereocenters. The molecule has 0 aliphatic rings. The number of aliphatic hydroxyl groups is 1. The summed E-state index contributed by atoms with van der Waals surface area (Å²) in [6, 6.07) is 1.77. The van der Waals surface area contributed by atoms with Crippen molar-refractivity contribution >= 4 is 5.91 Å². The molecule has 0 bridgehead atoms. The van der Waals surface area contributed by atoms with Crippen molar-refractivity contribution < 1.29 is 27.8 Å². The molecule has 5 nitrogen and oxygen atoms in total. The fraction of sp³-hybridized carbons (Fsp3) is 0.571. The van der Waals surface area contributed by atoms with Gasteiger partial charge in [0, 0.05) is 19.3 Å². The predicted octanol–water partition coefficient (Wildman–Crippen LogP) is 1.86. The molecule has 8 heteroatoms. The minimum atomic E-state index is -4.54. The van der Waals surface area contributed by atoms with E-state index in [0.717, 1.165) is 18.3 Å². The Labute approximate surface area is 126 Å². The van der Waals surface area contributed by atoms with E-state index in [-0.39, 0.29) is 18.7 Å². The maximum atomic E-state index is 12.3. The fourth-order valence-corrected chi connectivity index (χ4v) is 1.51. The minimum absolute atomic E-state index is 0.0108. The molecular formula is C14H19F3N2O3. The predicted molar refractivity (Wildman–Crippen MR) is 73.2 cm³/mol. The summed E-state index contributed by atoms with van der Waals surface area (Å²) in [4.78, 5) is 14.9. The number of pyridine rings is 1. The molecule has 0 saturated carbocycles. The second-order valence-electron chi connectivity index (χ2n) is 5.23. The zero-order valence-electron chi connectivity index (χ0n) is 12.4. The third-order valence-corrected chi connectivity index (χ3v) is 2.58. The fourth-order valence-electron chi connectivity index (χ4n) is 1.51. The van der Waals surface area contributed by atoms with E-state index in [1.807, 2.05) is 13.8 Å². The first-order valence-corrected chi connectivity index (χ1v) is 6.77. The number of amides is 1. The summed E-state index contributed by atoms with van der Waals surface area (Å²) in [6.45, 7) is 4.44. The van der Waals surface area contributed by atoms with Crippen molar-refractivity contribution in [2.75, 3.05) is 19.8 Å². The molecule has 124 valence electrons. The summed E-state index contributed by atoms with van der Waals surface area (Å²) >= 11 is 0. The first-order chi connectivity index (χ1) is 10.2. The third-order valence-electron chi connectivity index (χ3n) is 2.58. The summed E-state index contributed by atoms with van der Waals surface area (Å²) in [6.07, 6.45) is -4.58. The largest absolute Gasteiger partial charge is 0.433 e. The van der Waals surface area contributed by atoms with Crippen LogP contribution < -0.4 is 5.32 Å². The Morgan fingerprint density at radius 1 is 1.36 bits per heavy atom. The molecule has 22 heavy (non-hydrogen) atoms. The second kappa shape index (κ2) is 8.09. The number of alkyl halides is 3. The number of aliphatic hydroxyl groups excluding tert-OH is 1. The molecule has 0 aliphatic carbocycles. The summed E-state index contributed by atoms with van der Waals surface area (Å²) in [7, 11) is 0. The number of nitrogens with zero attached hydrogens (tertiary/aromatic N) is 1. The van der Waals surface area contributed by atoms with Crippen molar-refractivity contribution in [2.45, 2.75) is 26.1 Å². The van der Waals surface area contributed by atoms with Crippen LogP contribution in [0, 0.1) is 5.92 Å². The maximum absolute atomic E-state index is 12.3. The smallest absolute Gasteiger partial charge is 0.389 e. The van der Waals surface area contributed by atoms with Crippen LogP contribution in [0.1, 0.15) is 29.9 Å². The normalized spacial score (nSPS) is 13.2. The lowest BCUT2D eigenvalue weighted by molar-refractivity contribution is -0.141. The van der Waals surface area contributed by atoms with Gasteiger partial charge in [-0.15, -0.1) is 0 Å². The van der Waals surface area contributed by atoms with Gasteiger partial charge in [-0.3, -0.25) is 9.78 Å². The summed E-state index contributed by atoms with van der Waals surface area (Å²) in [5.74, 6) is -0.274. The molecule has 1 rings (SSSR count). The van der Waals surface area contributed by atoms with E-state index in [4.69, 9.17) is 4.74 Å². The molecule has 0 radical (unpaired) electrons. The molecule has 0 spiro atoms. The Hall–Kier alpha value is -1.67.